The summed E-state index contributed by atoms with van der Waals surface area (Å²) in [5, 5.41) is 22.0. The summed E-state index contributed by atoms with van der Waals surface area (Å²) in [7, 11) is 1.43. The van der Waals surface area contributed by atoms with Crippen molar-refractivity contribution in [1.29, 1.82) is 0 Å². The van der Waals surface area contributed by atoms with Crippen LogP contribution in [0.25, 0.3) is 0 Å². The summed E-state index contributed by atoms with van der Waals surface area (Å²) in [6.07, 6.45) is 0.667. The Morgan fingerprint density at radius 2 is 1.84 bits per heavy atom. The van der Waals surface area contributed by atoms with Gasteiger partial charge in [0.05, 0.1) is 7.11 Å². The fourth-order valence-electron chi connectivity index (χ4n) is 3.87. The number of amides is 1. The average Bonchev–Trinajstić information content (AvgIpc) is 3.37. The zero-order chi connectivity index (χ0) is 26.9. The van der Waals surface area contributed by atoms with Crippen molar-refractivity contribution < 1.29 is 43.5 Å². The SMILES string of the molecule is COc1ccc([C@H](OC(=O)Nc2ccc3c(c2)OCO3)[C@H](CC/C=C/C(=O)O)Oc2ccccc2)cc1O. The highest BCUT2D eigenvalue weighted by atomic mass is 16.7. The van der Waals surface area contributed by atoms with Crippen molar-refractivity contribution in [3.05, 3.63) is 84.4 Å². The molecule has 0 saturated heterocycles. The number of fused-ring (bicyclic) bond motifs is 1. The summed E-state index contributed by atoms with van der Waals surface area (Å²) in [6, 6.07) is 18.6. The average molecular weight is 522 g/mol. The van der Waals surface area contributed by atoms with Gasteiger partial charge in [0.15, 0.2) is 29.1 Å². The Morgan fingerprint density at radius 3 is 2.58 bits per heavy atom. The van der Waals surface area contributed by atoms with Gasteiger partial charge < -0.3 is 33.9 Å². The lowest BCUT2D eigenvalue weighted by atomic mass is 9.99. The summed E-state index contributed by atoms with van der Waals surface area (Å²) in [4.78, 5) is 24.0. The number of para-hydroxylation sites is 1. The number of anilines is 1. The van der Waals surface area contributed by atoms with Gasteiger partial charge in [-0.1, -0.05) is 30.3 Å². The molecule has 0 fully saturated rings. The number of phenolic OH excluding ortho intramolecular Hbond substituents is 1. The van der Waals surface area contributed by atoms with E-state index in [0.29, 0.717) is 41.3 Å². The van der Waals surface area contributed by atoms with Crippen LogP contribution in [0.4, 0.5) is 10.5 Å². The monoisotopic (exact) mass is 521 g/mol. The fourth-order valence-corrected chi connectivity index (χ4v) is 3.87. The third-order valence-corrected chi connectivity index (χ3v) is 5.63. The number of carbonyl (C=O) groups excluding carboxylic acids is 1. The van der Waals surface area contributed by atoms with Crippen LogP contribution in [0.1, 0.15) is 24.5 Å². The van der Waals surface area contributed by atoms with Crippen molar-refractivity contribution in [3.63, 3.8) is 0 Å². The standard InChI is InChI=1S/C28H27NO9/c1-34-22-13-11-18(15-21(22)30)27(38-28(33)29-19-12-14-23-25(16-19)36-17-35-23)24(9-5-6-10-26(31)32)37-20-7-3-2-4-8-20/h2-4,6-8,10-16,24,27,30H,5,9,17H2,1H3,(H,29,33)(H,31,32)/b10-6+/t24-,27-/m0/s1. The van der Waals surface area contributed by atoms with Crippen molar-refractivity contribution in [2.45, 2.75) is 25.0 Å². The first-order valence-electron chi connectivity index (χ1n) is 11.8. The van der Waals surface area contributed by atoms with Crippen molar-refractivity contribution in [2.75, 3.05) is 19.2 Å². The van der Waals surface area contributed by atoms with Gasteiger partial charge in [0.25, 0.3) is 0 Å². The minimum atomic E-state index is -1.07. The van der Waals surface area contributed by atoms with E-state index in [9.17, 15) is 14.7 Å². The molecule has 1 amide bonds. The molecule has 1 aliphatic heterocycles. The molecule has 10 nitrogen and oxygen atoms in total. The van der Waals surface area contributed by atoms with Gasteiger partial charge in [-0.05, 0) is 49.2 Å². The molecule has 0 aromatic heterocycles. The topological polar surface area (TPSA) is 133 Å². The van der Waals surface area contributed by atoms with E-state index in [1.54, 1.807) is 54.6 Å². The number of rotatable bonds is 11. The van der Waals surface area contributed by atoms with Gasteiger partial charge in [-0.15, -0.1) is 0 Å². The predicted octanol–water partition coefficient (Wildman–Crippen LogP) is 5.29. The molecule has 198 valence electrons. The Hall–Kier alpha value is -4.86. The molecule has 3 aromatic rings. The van der Waals surface area contributed by atoms with E-state index < -0.39 is 24.3 Å². The van der Waals surface area contributed by atoms with Crippen LogP contribution in [0.15, 0.2) is 78.9 Å². The second-order valence-corrected chi connectivity index (χ2v) is 8.24. The van der Waals surface area contributed by atoms with Crippen LogP contribution in [0.3, 0.4) is 0 Å². The maximum Gasteiger partial charge on any atom is 0.412 e. The van der Waals surface area contributed by atoms with Crippen molar-refractivity contribution in [3.8, 4) is 28.7 Å². The minimum Gasteiger partial charge on any atom is -0.504 e. The van der Waals surface area contributed by atoms with Gasteiger partial charge in [-0.3, -0.25) is 5.32 Å². The van der Waals surface area contributed by atoms with Crippen LogP contribution in [0.2, 0.25) is 0 Å². The number of benzene rings is 3. The number of aromatic hydroxyl groups is 1. The van der Waals surface area contributed by atoms with Gasteiger partial charge in [-0.2, -0.15) is 0 Å². The van der Waals surface area contributed by atoms with Crippen molar-refractivity contribution >= 4 is 17.7 Å². The Bertz CT molecular complexity index is 1290. The molecule has 2 atom stereocenters. The second kappa shape index (κ2) is 12.4. The molecule has 1 aliphatic rings. The van der Waals surface area contributed by atoms with Crippen LogP contribution < -0.4 is 24.3 Å². The van der Waals surface area contributed by atoms with E-state index in [1.807, 2.05) is 6.07 Å². The van der Waals surface area contributed by atoms with Gasteiger partial charge in [0, 0.05) is 23.4 Å². The van der Waals surface area contributed by atoms with Gasteiger partial charge in [0.2, 0.25) is 6.79 Å². The van der Waals surface area contributed by atoms with Gasteiger partial charge in [0.1, 0.15) is 11.9 Å². The highest BCUT2D eigenvalue weighted by Gasteiger charge is 2.30. The highest BCUT2D eigenvalue weighted by molar-refractivity contribution is 5.85. The summed E-state index contributed by atoms with van der Waals surface area (Å²) in [5.41, 5.74) is 0.882. The van der Waals surface area contributed by atoms with Crippen LogP contribution >= 0.6 is 0 Å². The Morgan fingerprint density at radius 1 is 1.05 bits per heavy atom. The smallest absolute Gasteiger partial charge is 0.412 e. The molecule has 1 heterocycles. The summed E-state index contributed by atoms with van der Waals surface area (Å²) in [5.74, 6) is 0.640. The predicted molar refractivity (Wildman–Crippen MR) is 137 cm³/mol. The molecule has 0 bridgehead atoms. The molecule has 4 rings (SSSR count). The fraction of sp³-hybridized carbons (Fsp3) is 0.214. The number of aliphatic carboxylic acids is 1. The number of phenols is 1. The molecule has 10 heteroatoms. The first-order chi connectivity index (χ1) is 18.4. The Kier molecular flexibility index (Phi) is 8.55. The van der Waals surface area contributed by atoms with E-state index >= 15 is 0 Å². The molecule has 3 N–H and O–H groups in total. The number of carboxylic acid groups (broad SMARTS) is 1. The highest BCUT2D eigenvalue weighted by Crippen LogP contribution is 2.36. The largest absolute Gasteiger partial charge is 0.504 e. The number of hydrogen-bond donors (Lipinski definition) is 3. The van der Waals surface area contributed by atoms with E-state index in [4.69, 9.17) is 28.8 Å². The lowest BCUT2D eigenvalue weighted by Crippen LogP contribution is -2.31. The van der Waals surface area contributed by atoms with Crippen LogP contribution in [0, 0.1) is 0 Å². The molecule has 0 saturated carbocycles. The molecule has 3 aromatic carbocycles. The molecule has 0 unspecified atom stereocenters. The Balaban J connectivity index is 1.61. The number of allylic oxidation sites excluding steroid dienone is 1. The van der Waals surface area contributed by atoms with E-state index in [2.05, 4.69) is 5.32 Å². The Labute approximate surface area is 219 Å². The van der Waals surface area contributed by atoms with Gasteiger partial charge >= 0.3 is 12.1 Å². The zero-order valence-corrected chi connectivity index (χ0v) is 20.5. The summed E-state index contributed by atoms with van der Waals surface area (Å²) in [6.45, 7) is 0.0983. The van der Waals surface area contributed by atoms with E-state index in [-0.39, 0.29) is 18.3 Å². The van der Waals surface area contributed by atoms with Gasteiger partial charge in [-0.25, -0.2) is 9.59 Å². The minimum absolute atomic E-state index is 0.0983. The van der Waals surface area contributed by atoms with E-state index in [0.717, 1.165) is 6.08 Å². The normalized spacial score (nSPS) is 13.5. The quantitative estimate of drug-likeness (QED) is 0.288. The summed E-state index contributed by atoms with van der Waals surface area (Å²) < 4.78 is 27.9. The van der Waals surface area contributed by atoms with Crippen molar-refractivity contribution in [1.82, 2.24) is 0 Å². The van der Waals surface area contributed by atoms with Crippen molar-refractivity contribution in [2.24, 2.45) is 0 Å². The number of carbonyl (C=O) groups is 2. The number of carboxylic acids is 1. The molecular formula is C28H27NO9. The maximum absolute atomic E-state index is 13.0. The molecule has 38 heavy (non-hydrogen) atoms. The number of nitrogens with one attached hydrogen (secondary N) is 1. The molecule has 0 spiro atoms. The third kappa shape index (κ3) is 6.88. The molecule has 0 radical (unpaired) electrons. The number of ether oxygens (including phenoxy) is 5. The lowest BCUT2D eigenvalue weighted by Gasteiger charge is -2.28. The first kappa shape index (κ1) is 26.2. The van der Waals surface area contributed by atoms with Crippen LogP contribution in [0.5, 0.6) is 28.7 Å². The second-order valence-electron chi connectivity index (χ2n) is 8.24. The number of hydrogen-bond acceptors (Lipinski definition) is 8. The maximum atomic E-state index is 13.0. The first-order valence-corrected chi connectivity index (χ1v) is 11.8. The number of methoxy groups -OCH3 is 1. The van der Waals surface area contributed by atoms with E-state index in [1.165, 1.54) is 19.3 Å². The molecular weight excluding hydrogens is 494 g/mol. The lowest BCUT2D eigenvalue weighted by molar-refractivity contribution is -0.131. The van der Waals surface area contributed by atoms with Crippen LogP contribution in [-0.2, 0) is 9.53 Å². The zero-order valence-electron chi connectivity index (χ0n) is 20.5. The summed E-state index contributed by atoms with van der Waals surface area (Å²) >= 11 is 0. The third-order valence-electron chi connectivity index (χ3n) is 5.63. The molecule has 0 aliphatic carbocycles. The van der Waals surface area contributed by atoms with Crippen LogP contribution in [-0.4, -0.2) is 42.3 Å².